The SMILES string of the molecule is Cc1nc(COc2ccc(/C=N/NC(=O)c3cc(-c4cccs4)nc4ccccc34)cc2)no1. The van der Waals surface area contributed by atoms with E-state index in [1.54, 1.807) is 42.7 Å². The smallest absolute Gasteiger partial charge is 0.272 e. The number of nitrogens with one attached hydrogen (secondary N) is 1. The molecule has 0 saturated carbocycles. The highest BCUT2D eigenvalue weighted by Crippen LogP contribution is 2.27. The number of carbonyl (C=O) groups excluding carboxylic acids is 1. The van der Waals surface area contributed by atoms with E-state index in [-0.39, 0.29) is 12.5 Å². The number of benzene rings is 2. The summed E-state index contributed by atoms with van der Waals surface area (Å²) in [4.78, 5) is 22.8. The molecule has 0 unspecified atom stereocenters. The molecule has 5 aromatic rings. The van der Waals surface area contributed by atoms with E-state index in [9.17, 15) is 4.79 Å². The molecule has 2 aromatic carbocycles. The molecule has 0 saturated heterocycles. The quantitative estimate of drug-likeness (QED) is 0.266. The number of hydrazone groups is 1. The molecule has 3 aromatic heterocycles. The molecule has 3 heterocycles. The first-order valence-electron chi connectivity index (χ1n) is 10.4. The molecule has 0 spiro atoms. The van der Waals surface area contributed by atoms with Gasteiger partial charge in [-0.2, -0.15) is 10.1 Å². The van der Waals surface area contributed by atoms with Crippen LogP contribution in [0, 0.1) is 6.92 Å². The maximum Gasteiger partial charge on any atom is 0.272 e. The number of para-hydroxylation sites is 1. The van der Waals surface area contributed by atoms with Crippen LogP contribution in [0.1, 0.15) is 27.6 Å². The van der Waals surface area contributed by atoms with Gasteiger partial charge in [0.05, 0.1) is 27.9 Å². The summed E-state index contributed by atoms with van der Waals surface area (Å²) in [5, 5.41) is 10.7. The van der Waals surface area contributed by atoms with Crippen LogP contribution in [0.25, 0.3) is 21.5 Å². The van der Waals surface area contributed by atoms with Crippen LogP contribution in [0.3, 0.4) is 0 Å². The van der Waals surface area contributed by atoms with Gasteiger partial charge in [-0.15, -0.1) is 11.3 Å². The van der Waals surface area contributed by atoms with E-state index < -0.39 is 0 Å². The zero-order valence-corrected chi connectivity index (χ0v) is 19.0. The number of ether oxygens (including phenoxy) is 1. The largest absolute Gasteiger partial charge is 0.485 e. The van der Waals surface area contributed by atoms with Crippen molar-refractivity contribution in [2.45, 2.75) is 13.5 Å². The Labute approximate surface area is 198 Å². The Morgan fingerprint density at radius 1 is 1.12 bits per heavy atom. The molecule has 5 rings (SSSR count). The minimum Gasteiger partial charge on any atom is -0.485 e. The van der Waals surface area contributed by atoms with Gasteiger partial charge in [0.1, 0.15) is 5.75 Å². The van der Waals surface area contributed by atoms with E-state index in [4.69, 9.17) is 14.2 Å². The maximum atomic E-state index is 13.0. The topological polar surface area (TPSA) is 102 Å². The second-order valence-corrected chi connectivity index (χ2v) is 8.28. The summed E-state index contributed by atoms with van der Waals surface area (Å²) in [5.74, 6) is 1.34. The number of fused-ring (bicyclic) bond motifs is 1. The summed E-state index contributed by atoms with van der Waals surface area (Å²) in [6.45, 7) is 1.94. The number of amides is 1. The Morgan fingerprint density at radius 3 is 2.74 bits per heavy atom. The van der Waals surface area contributed by atoms with Gasteiger partial charge in [0.25, 0.3) is 5.91 Å². The number of aromatic nitrogens is 3. The Morgan fingerprint density at radius 2 is 1.97 bits per heavy atom. The normalized spacial score (nSPS) is 11.2. The molecule has 1 N–H and O–H groups in total. The third-order valence-corrected chi connectivity index (χ3v) is 5.82. The van der Waals surface area contributed by atoms with Gasteiger partial charge in [0, 0.05) is 12.3 Å². The van der Waals surface area contributed by atoms with Crippen molar-refractivity contribution in [3.8, 4) is 16.3 Å². The van der Waals surface area contributed by atoms with E-state index in [0.29, 0.717) is 23.0 Å². The molecule has 0 bridgehead atoms. The summed E-state index contributed by atoms with van der Waals surface area (Å²) >= 11 is 1.58. The number of rotatable bonds is 7. The lowest BCUT2D eigenvalue weighted by atomic mass is 10.1. The molecule has 34 heavy (non-hydrogen) atoms. The van der Waals surface area contributed by atoms with Crippen LogP contribution in [-0.2, 0) is 6.61 Å². The summed E-state index contributed by atoms with van der Waals surface area (Å²) in [6, 6.07) is 20.6. The highest BCUT2D eigenvalue weighted by Gasteiger charge is 2.14. The summed E-state index contributed by atoms with van der Waals surface area (Å²) in [7, 11) is 0. The first-order chi connectivity index (χ1) is 16.7. The molecule has 0 aliphatic rings. The van der Waals surface area contributed by atoms with Crippen molar-refractivity contribution < 1.29 is 14.1 Å². The second kappa shape index (κ2) is 9.63. The van der Waals surface area contributed by atoms with E-state index in [1.165, 1.54) is 0 Å². The lowest BCUT2D eigenvalue weighted by Crippen LogP contribution is -2.18. The zero-order chi connectivity index (χ0) is 23.3. The average Bonchev–Trinajstić information content (AvgIpc) is 3.55. The monoisotopic (exact) mass is 469 g/mol. The zero-order valence-electron chi connectivity index (χ0n) is 18.1. The van der Waals surface area contributed by atoms with Crippen LogP contribution in [0.4, 0.5) is 0 Å². The lowest BCUT2D eigenvalue weighted by molar-refractivity contribution is 0.0956. The molecule has 168 valence electrons. The molecule has 0 atom stereocenters. The standard InChI is InChI=1S/C25H19N5O3S/c1-16-27-24(30-33-16)15-32-18-10-8-17(9-11-18)14-26-29-25(31)20-13-22(23-7-4-12-34-23)28-21-6-3-2-5-19(20)21/h2-14H,15H2,1H3,(H,29,31)/b26-14+. The molecule has 0 aliphatic carbocycles. The first-order valence-corrected chi connectivity index (χ1v) is 11.3. The Kier molecular flexibility index (Phi) is 6.09. The predicted molar refractivity (Wildman–Crippen MR) is 130 cm³/mol. The minimum atomic E-state index is -0.303. The fraction of sp³-hybridized carbons (Fsp3) is 0.0800. The molecular formula is C25H19N5O3S. The molecule has 0 radical (unpaired) electrons. The minimum absolute atomic E-state index is 0.216. The van der Waals surface area contributed by atoms with Gasteiger partial charge < -0.3 is 9.26 Å². The van der Waals surface area contributed by atoms with Gasteiger partial charge in [-0.3, -0.25) is 4.79 Å². The van der Waals surface area contributed by atoms with E-state index in [0.717, 1.165) is 27.0 Å². The van der Waals surface area contributed by atoms with Crippen molar-refractivity contribution in [3.05, 3.63) is 95.0 Å². The number of aryl methyl sites for hydroxylation is 1. The van der Waals surface area contributed by atoms with Gasteiger partial charge in [0.15, 0.2) is 6.61 Å². The van der Waals surface area contributed by atoms with Gasteiger partial charge in [-0.25, -0.2) is 10.4 Å². The van der Waals surface area contributed by atoms with E-state index in [2.05, 4.69) is 20.7 Å². The van der Waals surface area contributed by atoms with Gasteiger partial charge in [-0.1, -0.05) is 29.4 Å². The van der Waals surface area contributed by atoms with Gasteiger partial charge in [-0.05, 0) is 53.4 Å². The van der Waals surface area contributed by atoms with Crippen LogP contribution in [0.2, 0.25) is 0 Å². The predicted octanol–water partition coefficient (Wildman–Crippen LogP) is 5.00. The summed E-state index contributed by atoms with van der Waals surface area (Å²) in [5.41, 5.74) is 5.47. The number of hydrogen-bond donors (Lipinski definition) is 1. The van der Waals surface area contributed by atoms with Crippen molar-refractivity contribution in [2.75, 3.05) is 0 Å². The molecule has 0 aliphatic heterocycles. The fourth-order valence-corrected chi connectivity index (χ4v) is 4.02. The number of carbonyl (C=O) groups is 1. The van der Waals surface area contributed by atoms with Gasteiger partial charge in [0.2, 0.25) is 11.7 Å². The molecule has 8 nitrogen and oxygen atoms in total. The molecule has 1 amide bonds. The fourth-order valence-electron chi connectivity index (χ4n) is 3.34. The van der Waals surface area contributed by atoms with Crippen LogP contribution in [0.15, 0.2) is 81.7 Å². The van der Waals surface area contributed by atoms with Gasteiger partial charge >= 0.3 is 0 Å². The Balaban J connectivity index is 1.27. The number of pyridine rings is 1. The van der Waals surface area contributed by atoms with Crippen molar-refractivity contribution in [3.63, 3.8) is 0 Å². The summed E-state index contributed by atoms with van der Waals surface area (Å²) in [6.07, 6.45) is 1.58. The van der Waals surface area contributed by atoms with Crippen LogP contribution in [0.5, 0.6) is 5.75 Å². The van der Waals surface area contributed by atoms with Crippen molar-refractivity contribution in [1.29, 1.82) is 0 Å². The maximum absolute atomic E-state index is 13.0. The third-order valence-electron chi connectivity index (χ3n) is 4.93. The number of hydrogen-bond acceptors (Lipinski definition) is 8. The van der Waals surface area contributed by atoms with E-state index >= 15 is 0 Å². The number of nitrogens with zero attached hydrogens (tertiary/aromatic N) is 4. The Hall–Kier alpha value is -4.37. The van der Waals surface area contributed by atoms with Crippen LogP contribution >= 0.6 is 11.3 Å². The van der Waals surface area contributed by atoms with Crippen molar-refractivity contribution >= 4 is 34.4 Å². The molecule has 9 heteroatoms. The molecule has 0 fully saturated rings. The van der Waals surface area contributed by atoms with Crippen molar-refractivity contribution in [2.24, 2.45) is 5.10 Å². The number of thiophene rings is 1. The average molecular weight is 470 g/mol. The van der Waals surface area contributed by atoms with Crippen LogP contribution < -0.4 is 10.2 Å². The van der Waals surface area contributed by atoms with Crippen LogP contribution in [-0.4, -0.2) is 27.2 Å². The van der Waals surface area contributed by atoms with Crippen molar-refractivity contribution in [1.82, 2.24) is 20.6 Å². The summed E-state index contributed by atoms with van der Waals surface area (Å²) < 4.78 is 10.6. The highest BCUT2D eigenvalue weighted by atomic mass is 32.1. The first kappa shape index (κ1) is 21.5. The molecular weight excluding hydrogens is 450 g/mol. The third kappa shape index (κ3) is 4.84. The van der Waals surface area contributed by atoms with E-state index in [1.807, 2.05) is 53.9 Å². The Bertz CT molecular complexity index is 1460. The highest BCUT2D eigenvalue weighted by molar-refractivity contribution is 7.13. The lowest BCUT2D eigenvalue weighted by Gasteiger charge is -2.08. The second-order valence-electron chi connectivity index (χ2n) is 7.34.